The smallest absolute Gasteiger partial charge is 0.261 e. The average molecular weight is 942 g/mol. The van der Waals surface area contributed by atoms with Crippen molar-refractivity contribution in [1.29, 1.82) is 0 Å². The van der Waals surface area contributed by atoms with E-state index in [1.54, 1.807) is 39.5 Å². The van der Waals surface area contributed by atoms with E-state index in [1.165, 1.54) is 0 Å². The Hall–Kier alpha value is -6.26. The summed E-state index contributed by atoms with van der Waals surface area (Å²) in [5.41, 5.74) is 8.97. The number of carbonyl (C=O) groups is 2. The van der Waals surface area contributed by atoms with Crippen molar-refractivity contribution in [2.45, 2.75) is 56.7 Å². The predicted octanol–water partition coefficient (Wildman–Crippen LogP) is 8.34. The first kappa shape index (κ1) is 46.8. The Kier molecular flexibility index (Phi) is 14.1. The number of aliphatic imine (C=N–C) groups is 1. The first-order valence-electron chi connectivity index (χ1n) is 23.1. The van der Waals surface area contributed by atoms with Gasteiger partial charge < -0.3 is 48.3 Å². The number of rotatable bonds is 20. The number of amides is 2. The van der Waals surface area contributed by atoms with Crippen molar-refractivity contribution in [3.63, 3.8) is 0 Å². The van der Waals surface area contributed by atoms with Gasteiger partial charge in [-0.05, 0) is 85.0 Å². The molecule has 5 aromatic carbocycles. The van der Waals surface area contributed by atoms with Gasteiger partial charge >= 0.3 is 0 Å². The number of nitrogens with one attached hydrogen (secondary N) is 1. The van der Waals surface area contributed by atoms with Gasteiger partial charge in [0.2, 0.25) is 0 Å². The highest BCUT2D eigenvalue weighted by atomic mass is 32.1. The van der Waals surface area contributed by atoms with Gasteiger partial charge in [0.05, 0.1) is 81.8 Å². The fourth-order valence-corrected chi connectivity index (χ4v) is 9.59. The molecule has 0 fully saturated rings. The summed E-state index contributed by atoms with van der Waals surface area (Å²) in [4.78, 5) is 39.0. The van der Waals surface area contributed by atoms with Crippen LogP contribution in [0.4, 0.5) is 28.4 Å². The van der Waals surface area contributed by atoms with Crippen LogP contribution in [0.25, 0.3) is 0 Å². The number of carbonyl (C=O) groups excluding carboxylic acids is 2. The molecular weight excluding hydrogens is 883 g/mol. The van der Waals surface area contributed by atoms with Crippen LogP contribution in [0.15, 0.2) is 96.0 Å². The van der Waals surface area contributed by atoms with Gasteiger partial charge in [0.25, 0.3) is 11.8 Å². The minimum absolute atomic E-state index is 0.00675. The molecule has 0 radical (unpaired) electrons. The summed E-state index contributed by atoms with van der Waals surface area (Å²) >= 11 is 4.94. The molecular formula is C53H59N5O9S. The first-order valence-corrected chi connectivity index (χ1v) is 23.5. The fraction of sp³-hybridized carbons (Fsp3) is 0.377. The molecule has 14 nitrogen and oxygen atoms in total. The van der Waals surface area contributed by atoms with Crippen LogP contribution in [0, 0.1) is 0 Å². The van der Waals surface area contributed by atoms with Crippen LogP contribution in [0.2, 0.25) is 0 Å². The molecule has 1 N–H and O–H groups in total. The summed E-state index contributed by atoms with van der Waals surface area (Å²) in [5, 5.41) is 3.53. The van der Waals surface area contributed by atoms with Crippen LogP contribution < -0.4 is 39.0 Å². The summed E-state index contributed by atoms with van der Waals surface area (Å²) in [6, 6.07) is 29.3. The Morgan fingerprint density at radius 2 is 1.31 bits per heavy atom. The van der Waals surface area contributed by atoms with E-state index in [9.17, 15) is 9.59 Å². The Balaban J connectivity index is 0.986. The lowest BCUT2D eigenvalue weighted by molar-refractivity contribution is 0.0264. The zero-order valence-electron chi connectivity index (χ0n) is 39.3. The number of hydrogen-bond acceptors (Lipinski definition) is 13. The predicted molar refractivity (Wildman–Crippen MR) is 268 cm³/mol. The van der Waals surface area contributed by atoms with E-state index in [1.807, 2.05) is 58.5 Å². The van der Waals surface area contributed by atoms with E-state index in [2.05, 4.69) is 54.4 Å². The Morgan fingerprint density at radius 3 is 1.99 bits per heavy atom. The van der Waals surface area contributed by atoms with Crippen LogP contribution >= 0.6 is 12.6 Å². The summed E-state index contributed by atoms with van der Waals surface area (Å²) in [6.07, 6.45) is 3.33. The Bertz CT molecular complexity index is 2690. The van der Waals surface area contributed by atoms with Crippen LogP contribution in [0.1, 0.15) is 56.8 Å². The SMILES string of the molecule is COCCOCCOCCN(CC(C)(C)S)c1cc(COc2cc3c(cc2OC)C(=O)N2c4ccccc4CC2C=N3)cc(COc2cc3c(cc2OC)C(=O)N2c4ccccc4CC2CN3)c1. The second-order valence-electron chi connectivity index (χ2n) is 18.0. The number of methoxy groups -OCH3 is 3. The molecule has 0 aromatic heterocycles. The monoisotopic (exact) mass is 941 g/mol. The van der Waals surface area contributed by atoms with E-state index in [-0.39, 0.29) is 41.9 Å². The van der Waals surface area contributed by atoms with Gasteiger partial charge in [-0.15, -0.1) is 0 Å². The molecule has 4 heterocycles. The van der Waals surface area contributed by atoms with Gasteiger partial charge in [-0.3, -0.25) is 19.5 Å². The topological polar surface area (TPSA) is 133 Å². The number of thiol groups is 1. The van der Waals surface area contributed by atoms with Crippen molar-refractivity contribution in [2.24, 2.45) is 4.99 Å². The molecule has 9 rings (SSSR count). The van der Waals surface area contributed by atoms with Gasteiger partial charge in [-0.1, -0.05) is 36.4 Å². The highest BCUT2D eigenvalue weighted by Crippen LogP contribution is 2.43. The number of ether oxygens (including phenoxy) is 7. The zero-order chi connectivity index (χ0) is 47.4. The standard InChI is InChI=1S/C53H59N5O9S/c1-53(2,68)33-56(14-15-64-18-19-65-17-16-61-3)38-21-34(31-66-49-27-43-41(25-47(49)62-4)51(59)57-39(29-54-43)23-36-10-6-8-12-45(36)57)20-35(22-38)32-67-50-28-44-42(26-48(50)63-5)52(60)58-40(30-55-44)24-37-11-7-9-13-46(37)58/h6-13,20-22,25-29,39-40,55,68H,14-19,23-24,30-33H2,1-5H3. The molecule has 0 bridgehead atoms. The molecule has 2 unspecified atom stereocenters. The van der Waals surface area contributed by atoms with E-state index >= 15 is 0 Å². The van der Waals surface area contributed by atoms with Gasteiger partial charge in [-0.25, -0.2) is 0 Å². The number of anilines is 4. The van der Waals surface area contributed by atoms with Crippen LogP contribution in [-0.2, 0) is 40.3 Å². The van der Waals surface area contributed by atoms with Gasteiger partial charge in [0.1, 0.15) is 13.2 Å². The molecule has 0 aliphatic carbocycles. The Labute approximate surface area is 403 Å². The van der Waals surface area contributed by atoms with Crippen LogP contribution in [0.5, 0.6) is 23.0 Å². The maximum atomic E-state index is 14.1. The molecule has 5 aromatic rings. The molecule has 68 heavy (non-hydrogen) atoms. The summed E-state index contributed by atoms with van der Waals surface area (Å²) in [5.74, 6) is 1.62. The lowest BCUT2D eigenvalue weighted by Gasteiger charge is -2.32. The van der Waals surface area contributed by atoms with E-state index in [0.717, 1.165) is 45.7 Å². The number of fused-ring (bicyclic) bond motifs is 8. The third kappa shape index (κ3) is 10.1. The normalized spacial score (nSPS) is 16.7. The van der Waals surface area contributed by atoms with Crippen molar-refractivity contribution in [3.05, 3.63) is 124 Å². The van der Waals surface area contributed by atoms with Crippen molar-refractivity contribution in [3.8, 4) is 23.0 Å². The molecule has 4 aliphatic rings. The number of hydrogen-bond donors (Lipinski definition) is 2. The molecule has 356 valence electrons. The number of para-hydroxylation sites is 2. The maximum Gasteiger partial charge on any atom is 0.261 e. The minimum Gasteiger partial charge on any atom is -0.493 e. The van der Waals surface area contributed by atoms with E-state index in [4.69, 9.17) is 50.8 Å². The molecule has 0 spiro atoms. The third-order valence-corrected chi connectivity index (χ3v) is 12.7. The molecule has 0 saturated carbocycles. The highest BCUT2D eigenvalue weighted by molar-refractivity contribution is 7.81. The van der Waals surface area contributed by atoms with Crippen molar-refractivity contribution in [1.82, 2.24) is 0 Å². The van der Waals surface area contributed by atoms with Crippen molar-refractivity contribution in [2.75, 3.05) is 94.0 Å². The second-order valence-corrected chi connectivity index (χ2v) is 19.2. The largest absolute Gasteiger partial charge is 0.493 e. The summed E-state index contributed by atoms with van der Waals surface area (Å²) in [7, 11) is 4.80. The summed E-state index contributed by atoms with van der Waals surface area (Å²) < 4.78 is 41.3. The van der Waals surface area contributed by atoms with Gasteiger partial charge in [-0.2, -0.15) is 12.6 Å². The minimum atomic E-state index is -0.354. The van der Waals surface area contributed by atoms with Crippen LogP contribution in [-0.4, -0.2) is 109 Å². The average Bonchev–Trinajstić information content (AvgIpc) is 3.83. The summed E-state index contributed by atoms with van der Waals surface area (Å²) in [6.45, 7) is 8.72. The third-order valence-electron chi connectivity index (χ3n) is 12.6. The maximum absolute atomic E-state index is 14.1. The molecule has 0 saturated heterocycles. The van der Waals surface area contributed by atoms with Gasteiger partial charge in [0.15, 0.2) is 23.0 Å². The number of nitrogens with zero attached hydrogens (tertiary/aromatic N) is 4. The molecule has 2 atom stereocenters. The quantitative estimate of drug-likeness (QED) is 0.0577. The molecule has 15 heteroatoms. The zero-order valence-corrected chi connectivity index (χ0v) is 40.2. The molecule has 2 amide bonds. The van der Waals surface area contributed by atoms with Crippen LogP contribution in [0.3, 0.4) is 0 Å². The van der Waals surface area contributed by atoms with E-state index < -0.39 is 0 Å². The first-order chi connectivity index (χ1) is 33.0. The molecule has 4 aliphatic heterocycles. The lowest BCUT2D eigenvalue weighted by atomic mass is 10.1. The fourth-order valence-electron chi connectivity index (χ4n) is 9.42. The lowest BCUT2D eigenvalue weighted by Crippen LogP contribution is -2.39. The number of benzene rings is 5. The second kappa shape index (κ2) is 20.5. The van der Waals surface area contributed by atoms with Gasteiger partial charge in [0, 0.05) is 73.3 Å². The Morgan fingerprint density at radius 1 is 0.706 bits per heavy atom. The highest BCUT2D eigenvalue weighted by Gasteiger charge is 2.39. The van der Waals surface area contributed by atoms with Crippen molar-refractivity contribution < 1.29 is 42.7 Å². The van der Waals surface area contributed by atoms with Crippen molar-refractivity contribution >= 4 is 59.1 Å². The van der Waals surface area contributed by atoms with E-state index in [0.29, 0.717) is 105 Å².